The predicted octanol–water partition coefficient (Wildman–Crippen LogP) is 2.94. The molecule has 0 heterocycles. The zero-order valence-electron chi connectivity index (χ0n) is 11.8. The predicted molar refractivity (Wildman–Crippen MR) is 74.8 cm³/mol. The molecule has 0 unspecified atom stereocenters. The Bertz CT molecular complexity index is 411. The van der Waals surface area contributed by atoms with Gasteiger partial charge in [0.1, 0.15) is 12.4 Å². The molecule has 5 heteroatoms. The van der Waals surface area contributed by atoms with Gasteiger partial charge in [0.15, 0.2) is 0 Å². The van der Waals surface area contributed by atoms with E-state index in [4.69, 9.17) is 14.2 Å². The van der Waals surface area contributed by atoms with Crippen molar-refractivity contribution in [1.29, 1.82) is 0 Å². The van der Waals surface area contributed by atoms with Crippen molar-refractivity contribution in [2.45, 2.75) is 13.5 Å². The Morgan fingerprint density at radius 1 is 1.10 bits per heavy atom. The van der Waals surface area contributed by atoms with E-state index >= 15 is 0 Å². The summed E-state index contributed by atoms with van der Waals surface area (Å²) in [4.78, 5) is 10.8. The van der Waals surface area contributed by atoms with Crippen LogP contribution < -0.4 is 4.74 Å². The molecule has 0 saturated carbocycles. The quantitative estimate of drug-likeness (QED) is 0.416. The minimum Gasteiger partial charge on any atom is -0.497 e. The summed E-state index contributed by atoms with van der Waals surface area (Å²) in [7, 11) is 1.63. The average Bonchev–Trinajstić information content (AvgIpc) is 2.47. The Balaban J connectivity index is 2.10. The number of methoxy groups -OCH3 is 1. The van der Waals surface area contributed by atoms with Crippen LogP contribution in [0.15, 0.2) is 36.4 Å². The first-order chi connectivity index (χ1) is 9.76. The van der Waals surface area contributed by atoms with Gasteiger partial charge in [-0.2, -0.15) is 0 Å². The summed E-state index contributed by atoms with van der Waals surface area (Å²) in [5, 5.41) is 0. The minimum atomic E-state index is -0.656. The third kappa shape index (κ3) is 6.80. The average molecular weight is 280 g/mol. The molecular weight excluding hydrogens is 260 g/mol. The summed E-state index contributed by atoms with van der Waals surface area (Å²) in [6.07, 6.45) is 2.85. The first-order valence-electron chi connectivity index (χ1n) is 6.41. The van der Waals surface area contributed by atoms with Crippen LogP contribution in [0.2, 0.25) is 0 Å². The molecule has 5 nitrogen and oxygen atoms in total. The summed E-state index contributed by atoms with van der Waals surface area (Å²) in [6, 6.07) is 7.68. The van der Waals surface area contributed by atoms with Crippen molar-refractivity contribution < 1.29 is 23.7 Å². The Labute approximate surface area is 119 Å². The van der Waals surface area contributed by atoms with Crippen LogP contribution in [0.4, 0.5) is 4.79 Å². The highest BCUT2D eigenvalue weighted by molar-refractivity contribution is 5.59. The second-order valence-electron chi connectivity index (χ2n) is 3.83. The fraction of sp³-hybridized carbons (Fsp3) is 0.400. The molecule has 110 valence electrons. The molecule has 0 atom stereocenters. The van der Waals surface area contributed by atoms with E-state index in [0.717, 1.165) is 11.3 Å². The van der Waals surface area contributed by atoms with E-state index in [0.29, 0.717) is 19.8 Å². The maximum atomic E-state index is 10.8. The summed E-state index contributed by atoms with van der Waals surface area (Å²) in [5.74, 6) is 0.824. The van der Waals surface area contributed by atoms with Gasteiger partial charge in [0.05, 0.1) is 26.9 Å². The monoisotopic (exact) mass is 280 g/mol. The number of hydrogen-bond donors (Lipinski definition) is 0. The van der Waals surface area contributed by atoms with Gasteiger partial charge in [-0.15, -0.1) is 0 Å². The number of benzene rings is 1. The number of rotatable bonds is 8. The van der Waals surface area contributed by atoms with Crippen LogP contribution in [-0.2, 0) is 20.8 Å². The molecule has 0 aliphatic rings. The lowest BCUT2D eigenvalue weighted by Gasteiger charge is -2.03. The number of carbonyl (C=O) groups excluding carboxylic acids is 1. The number of hydrogen-bond acceptors (Lipinski definition) is 5. The highest BCUT2D eigenvalue weighted by atomic mass is 16.7. The Morgan fingerprint density at radius 2 is 1.80 bits per heavy atom. The summed E-state index contributed by atoms with van der Waals surface area (Å²) >= 11 is 0. The molecule has 0 aromatic heterocycles. The zero-order chi connectivity index (χ0) is 14.6. The fourth-order valence-electron chi connectivity index (χ4n) is 1.38. The summed E-state index contributed by atoms with van der Waals surface area (Å²) in [6.45, 7) is 3.20. The second kappa shape index (κ2) is 9.86. The Morgan fingerprint density at radius 3 is 2.45 bits per heavy atom. The lowest BCUT2D eigenvalue weighted by atomic mass is 10.2. The molecule has 0 fully saturated rings. The molecule has 0 bridgehead atoms. The van der Waals surface area contributed by atoms with Crippen LogP contribution in [0.5, 0.6) is 5.75 Å². The second-order valence-corrected chi connectivity index (χ2v) is 3.83. The van der Waals surface area contributed by atoms with Crippen molar-refractivity contribution in [1.82, 2.24) is 0 Å². The van der Waals surface area contributed by atoms with Gasteiger partial charge in [0, 0.05) is 0 Å². The van der Waals surface area contributed by atoms with Crippen molar-refractivity contribution in [2.24, 2.45) is 0 Å². The maximum absolute atomic E-state index is 10.8. The lowest BCUT2D eigenvalue weighted by molar-refractivity contribution is 0.0671. The van der Waals surface area contributed by atoms with E-state index in [1.807, 2.05) is 24.3 Å². The third-order valence-electron chi connectivity index (χ3n) is 2.37. The summed E-state index contributed by atoms with van der Waals surface area (Å²) < 4.78 is 19.9. The molecule has 20 heavy (non-hydrogen) atoms. The van der Waals surface area contributed by atoms with Gasteiger partial charge >= 0.3 is 6.16 Å². The van der Waals surface area contributed by atoms with Gasteiger partial charge < -0.3 is 18.9 Å². The third-order valence-corrected chi connectivity index (χ3v) is 2.37. The topological polar surface area (TPSA) is 54.0 Å². The largest absolute Gasteiger partial charge is 0.508 e. The highest BCUT2D eigenvalue weighted by Crippen LogP contribution is 2.11. The molecule has 0 N–H and O–H groups in total. The first-order valence-corrected chi connectivity index (χ1v) is 6.41. The van der Waals surface area contributed by atoms with E-state index in [-0.39, 0.29) is 6.61 Å². The van der Waals surface area contributed by atoms with Crippen LogP contribution in [0, 0.1) is 0 Å². The maximum Gasteiger partial charge on any atom is 0.508 e. The van der Waals surface area contributed by atoms with Gasteiger partial charge in [-0.3, -0.25) is 0 Å². The molecule has 1 aromatic rings. The fourth-order valence-corrected chi connectivity index (χ4v) is 1.38. The Hall–Kier alpha value is -2.01. The number of ether oxygens (including phenoxy) is 4. The Kier molecular flexibility index (Phi) is 7.91. The van der Waals surface area contributed by atoms with Gasteiger partial charge in [-0.1, -0.05) is 18.2 Å². The van der Waals surface area contributed by atoms with E-state index in [1.165, 1.54) is 0 Å². The van der Waals surface area contributed by atoms with Crippen LogP contribution in [0.3, 0.4) is 0 Å². The van der Waals surface area contributed by atoms with Crippen molar-refractivity contribution in [3.63, 3.8) is 0 Å². The molecule has 0 aliphatic carbocycles. The van der Waals surface area contributed by atoms with Gasteiger partial charge in [-0.25, -0.2) is 4.79 Å². The molecule has 0 radical (unpaired) electrons. The SMILES string of the molecule is CCOC(=O)OC/C=C/COCc1ccc(OC)cc1. The van der Waals surface area contributed by atoms with Gasteiger partial charge in [0.25, 0.3) is 0 Å². The molecule has 1 aromatic carbocycles. The molecule has 0 spiro atoms. The normalized spacial score (nSPS) is 10.5. The van der Waals surface area contributed by atoms with Gasteiger partial charge in [0.2, 0.25) is 0 Å². The summed E-state index contributed by atoms with van der Waals surface area (Å²) in [5.41, 5.74) is 1.07. The molecule has 1 rings (SSSR count). The molecule has 0 amide bonds. The van der Waals surface area contributed by atoms with E-state index in [1.54, 1.807) is 26.2 Å². The zero-order valence-corrected chi connectivity index (χ0v) is 11.8. The van der Waals surface area contributed by atoms with Crippen LogP contribution in [0.25, 0.3) is 0 Å². The van der Waals surface area contributed by atoms with Crippen molar-refractivity contribution in [3.05, 3.63) is 42.0 Å². The van der Waals surface area contributed by atoms with E-state index in [2.05, 4.69) is 4.74 Å². The molecule has 0 aliphatic heterocycles. The minimum absolute atomic E-state index is 0.185. The molecule has 0 saturated heterocycles. The van der Waals surface area contributed by atoms with E-state index in [9.17, 15) is 4.79 Å². The number of carbonyl (C=O) groups is 1. The van der Waals surface area contributed by atoms with Crippen LogP contribution in [0.1, 0.15) is 12.5 Å². The smallest absolute Gasteiger partial charge is 0.497 e. The van der Waals surface area contributed by atoms with E-state index < -0.39 is 6.16 Å². The van der Waals surface area contributed by atoms with Crippen LogP contribution in [-0.4, -0.2) is 33.1 Å². The highest BCUT2D eigenvalue weighted by Gasteiger charge is 1.98. The van der Waals surface area contributed by atoms with Crippen LogP contribution >= 0.6 is 0 Å². The van der Waals surface area contributed by atoms with Gasteiger partial charge in [-0.05, 0) is 30.7 Å². The van der Waals surface area contributed by atoms with Crippen molar-refractivity contribution >= 4 is 6.16 Å². The first kappa shape index (κ1) is 16.0. The lowest BCUT2D eigenvalue weighted by Crippen LogP contribution is -2.06. The van der Waals surface area contributed by atoms with Crippen molar-refractivity contribution in [2.75, 3.05) is 26.9 Å². The standard InChI is InChI=1S/C15H20O5/c1-3-19-15(16)20-11-5-4-10-18-12-13-6-8-14(17-2)9-7-13/h4-9H,3,10-12H2,1-2H3/b5-4+. The van der Waals surface area contributed by atoms with Crippen molar-refractivity contribution in [3.8, 4) is 5.75 Å². The molecular formula is C15H20O5.